The normalized spacial score (nSPS) is 13.6. The van der Waals surface area contributed by atoms with Gasteiger partial charge in [-0.2, -0.15) is 0 Å². The van der Waals surface area contributed by atoms with E-state index in [4.69, 9.17) is 4.42 Å². The first kappa shape index (κ1) is 15.4. The summed E-state index contributed by atoms with van der Waals surface area (Å²) < 4.78 is 5.09. The highest BCUT2D eigenvalue weighted by Crippen LogP contribution is 2.27. The van der Waals surface area contributed by atoms with Crippen LogP contribution < -0.4 is 10.5 Å². The van der Waals surface area contributed by atoms with Crippen molar-refractivity contribution in [2.75, 3.05) is 11.4 Å². The van der Waals surface area contributed by atoms with Crippen LogP contribution in [0.25, 0.3) is 11.3 Å². The third-order valence-corrected chi connectivity index (χ3v) is 4.37. The molecule has 2 aromatic heterocycles. The van der Waals surface area contributed by atoms with Crippen LogP contribution in [0.3, 0.4) is 0 Å². The van der Waals surface area contributed by atoms with Crippen molar-refractivity contribution in [2.24, 2.45) is 0 Å². The largest absolute Gasteiger partial charge is 0.507 e. The Bertz CT molecular complexity index is 997. The lowest BCUT2D eigenvalue weighted by atomic mass is 10.0. The number of hydrogen-bond donors (Lipinski definition) is 1. The lowest BCUT2D eigenvalue weighted by Crippen LogP contribution is -2.31. The maximum Gasteiger partial charge on any atom is 0.349 e. The average Bonchev–Trinajstić information content (AvgIpc) is 2.61. The molecule has 0 bridgehead atoms. The van der Waals surface area contributed by atoms with Crippen molar-refractivity contribution in [3.63, 3.8) is 0 Å². The van der Waals surface area contributed by atoms with Crippen LogP contribution in [0.5, 0.6) is 5.75 Å². The van der Waals surface area contributed by atoms with Crippen molar-refractivity contribution in [2.45, 2.75) is 19.9 Å². The predicted octanol–water partition coefficient (Wildman–Crippen LogP) is 2.67. The Morgan fingerprint density at radius 2 is 2.00 bits per heavy atom. The molecule has 4 rings (SSSR count). The summed E-state index contributed by atoms with van der Waals surface area (Å²) in [5.41, 5.74) is 2.40. The maximum atomic E-state index is 12.1. The zero-order chi connectivity index (χ0) is 17.4. The van der Waals surface area contributed by atoms with Crippen LogP contribution in [-0.4, -0.2) is 21.6 Å². The molecular formula is C19H17N3O3. The van der Waals surface area contributed by atoms with Gasteiger partial charge in [-0.15, -0.1) is 0 Å². The van der Waals surface area contributed by atoms with Crippen molar-refractivity contribution in [3.8, 4) is 17.0 Å². The van der Waals surface area contributed by atoms with Gasteiger partial charge in [0.2, 0.25) is 5.95 Å². The van der Waals surface area contributed by atoms with Gasteiger partial charge in [0, 0.05) is 25.4 Å². The molecule has 3 aromatic rings. The lowest BCUT2D eigenvalue weighted by molar-refractivity contribution is 0.438. The number of aryl methyl sites for hydroxylation is 1. The second-order valence-electron chi connectivity index (χ2n) is 6.09. The molecule has 0 saturated carbocycles. The summed E-state index contributed by atoms with van der Waals surface area (Å²) in [5.74, 6) is 0.752. The Kier molecular flexibility index (Phi) is 3.72. The monoisotopic (exact) mass is 335 g/mol. The molecule has 6 nitrogen and oxygen atoms in total. The molecule has 0 atom stereocenters. The first-order valence-corrected chi connectivity index (χ1v) is 8.10. The molecule has 1 aliphatic rings. The SMILES string of the molecule is Cc1cc(O)c(-c2ccnc(N3CCc4ccccc4C3)n2)c(=O)o1. The number of rotatable bonds is 2. The van der Waals surface area contributed by atoms with Gasteiger partial charge in [-0.1, -0.05) is 24.3 Å². The van der Waals surface area contributed by atoms with E-state index in [0.717, 1.165) is 13.0 Å². The number of aromatic hydroxyl groups is 1. The van der Waals surface area contributed by atoms with Crippen molar-refractivity contribution >= 4 is 5.95 Å². The van der Waals surface area contributed by atoms with Crippen molar-refractivity contribution < 1.29 is 9.52 Å². The Balaban J connectivity index is 1.71. The van der Waals surface area contributed by atoms with Crippen LogP contribution in [0.4, 0.5) is 5.95 Å². The minimum absolute atomic E-state index is 0.0617. The minimum atomic E-state index is -0.605. The highest BCUT2D eigenvalue weighted by molar-refractivity contribution is 5.66. The number of anilines is 1. The standard InChI is InChI=1S/C19H17N3O3/c1-12-10-16(23)17(18(24)25-12)15-6-8-20-19(21-15)22-9-7-13-4-2-3-5-14(13)11-22/h2-6,8,10,23H,7,9,11H2,1H3. The predicted molar refractivity (Wildman–Crippen MR) is 93.6 cm³/mol. The van der Waals surface area contributed by atoms with E-state index in [1.165, 1.54) is 17.2 Å². The van der Waals surface area contributed by atoms with Gasteiger partial charge in [0.15, 0.2) is 0 Å². The highest BCUT2D eigenvalue weighted by Gasteiger charge is 2.20. The molecule has 126 valence electrons. The van der Waals surface area contributed by atoms with E-state index in [2.05, 4.69) is 27.0 Å². The van der Waals surface area contributed by atoms with Crippen molar-refractivity contribution in [3.05, 3.63) is 69.9 Å². The van der Waals surface area contributed by atoms with Crippen molar-refractivity contribution in [1.29, 1.82) is 0 Å². The Morgan fingerprint density at radius 1 is 1.20 bits per heavy atom. The zero-order valence-electron chi connectivity index (χ0n) is 13.8. The molecule has 0 radical (unpaired) electrons. The number of aromatic nitrogens is 2. The van der Waals surface area contributed by atoms with E-state index < -0.39 is 5.63 Å². The quantitative estimate of drug-likeness (QED) is 0.775. The fourth-order valence-electron chi connectivity index (χ4n) is 3.14. The summed E-state index contributed by atoms with van der Waals surface area (Å²) >= 11 is 0. The minimum Gasteiger partial charge on any atom is -0.507 e. The first-order valence-electron chi connectivity index (χ1n) is 8.10. The van der Waals surface area contributed by atoms with E-state index >= 15 is 0 Å². The van der Waals surface area contributed by atoms with Gasteiger partial charge < -0.3 is 14.4 Å². The molecule has 25 heavy (non-hydrogen) atoms. The molecule has 1 N–H and O–H groups in total. The van der Waals surface area contributed by atoms with E-state index in [9.17, 15) is 9.90 Å². The summed E-state index contributed by atoms with van der Waals surface area (Å²) in [5, 5.41) is 10.1. The fourth-order valence-corrected chi connectivity index (χ4v) is 3.14. The Labute approximate surface area is 144 Å². The average molecular weight is 335 g/mol. The number of benzene rings is 1. The fraction of sp³-hybridized carbons (Fsp3) is 0.211. The topological polar surface area (TPSA) is 79.5 Å². The van der Waals surface area contributed by atoms with Crippen LogP contribution >= 0.6 is 0 Å². The Hall–Kier alpha value is -3.15. The lowest BCUT2D eigenvalue weighted by Gasteiger charge is -2.28. The van der Waals surface area contributed by atoms with Gasteiger partial charge in [0.1, 0.15) is 17.1 Å². The van der Waals surface area contributed by atoms with Gasteiger partial charge >= 0.3 is 5.63 Å². The third-order valence-electron chi connectivity index (χ3n) is 4.37. The molecule has 0 spiro atoms. The summed E-state index contributed by atoms with van der Waals surface area (Å²) in [6, 6.07) is 11.3. The number of hydrogen-bond acceptors (Lipinski definition) is 6. The molecule has 0 unspecified atom stereocenters. The van der Waals surface area contributed by atoms with Crippen LogP contribution in [0, 0.1) is 6.92 Å². The number of nitrogens with zero attached hydrogens (tertiary/aromatic N) is 3. The molecule has 1 aromatic carbocycles. The maximum absolute atomic E-state index is 12.1. The highest BCUT2D eigenvalue weighted by atomic mass is 16.4. The summed E-state index contributed by atoms with van der Waals surface area (Å²) in [6.07, 6.45) is 2.51. The molecule has 0 aliphatic carbocycles. The van der Waals surface area contributed by atoms with E-state index in [0.29, 0.717) is 23.9 Å². The Morgan fingerprint density at radius 3 is 2.80 bits per heavy atom. The second-order valence-corrected chi connectivity index (χ2v) is 6.09. The molecular weight excluding hydrogens is 318 g/mol. The second kappa shape index (κ2) is 6.05. The summed E-state index contributed by atoms with van der Waals surface area (Å²) in [4.78, 5) is 23.0. The summed E-state index contributed by atoms with van der Waals surface area (Å²) in [6.45, 7) is 3.13. The molecule has 0 fully saturated rings. The molecule has 6 heteroatoms. The van der Waals surface area contributed by atoms with Crippen LogP contribution in [0.15, 0.2) is 51.8 Å². The van der Waals surface area contributed by atoms with E-state index in [-0.39, 0.29) is 11.3 Å². The third kappa shape index (κ3) is 2.87. The van der Waals surface area contributed by atoms with Gasteiger partial charge in [-0.3, -0.25) is 0 Å². The molecule has 0 saturated heterocycles. The van der Waals surface area contributed by atoms with Gasteiger partial charge in [0.05, 0.1) is 5.69 Å². The number of fused-ring (bicyclic) bond motifs is 1. The molecule has 3 heterocycles. The van der Waals surface area contributed by atoms with Gasteiger partial charge in [-0.05, 0) is 30.5 Å². The van der Waals surface area contributed by atoms with Gasteiger partial charge in [-0.25, -0.2) is 14.8 Å². The zero-order valence-corrected chi connectivity index (χ0v) is 13.8. The van der Waals surface area contributed by atoms with Crippen LogP contribution in [0.1, 0.15) is 16.9 Å². The van der Waals surface area contributed by atoms with E-state index in [1.807, 2.05) is 12.1 Å². The van der Waals surface area contributed by atoms with Crippen molar-refractivity contribution in [1.82, 2.24) is 9.97 Å². The summed E-state index contributed by atoms with van der Waals surface area (Å²) in [7, 11) is 0. The van der Waals surface area contributed by atoms with Gasteiger partial charge in [0.25, 0.3) is 0 Å². The van der Waals surface area contributed by atoms with E-state index in [1.54, 1.807) is 19.2 Å². The van der Waals surface area contributed by atoms with Crippen LogP contribution in [0.2, 0.25) is 0 Å². The first-order chi connectivity index (χ1) is 12.1. The molecule has 1 aliphatic heterocycles. The molecule has 0 amide bonds. The van der Waals surface area contributed by atoms with Crippen LogP contribution in [-0.2, 0) is 13.0 Å². The smallest absolute Gasteiger partial charge is 0.349 e.